The molecule has 3 nitrogen and oxygen atoms in total. The maximum absolute atomic E-state index is 5.29. The second-order valence-corrected chi connectivity index (χ2v) is 4.99. The molecule has 0 radical (unpaired) electrons. The fraction of sp³-hybridized carbons (Fsp3) is 0.333. The molecule has 0 unspecified atom stereocenters. The minimum Gasteiger partial charge on any atom is -0.177 e. The van der Waals surface area contributed by atoms with E-state index in [1.165, 1.54) is 0 Å². The van der Waals surface area contributed by atoms with Gasteiger partial charge in [-0.15, -0.1) is 0 Å². The summed E-state index contributed by atoms with van der Waals surface area (Å²) in [6.07, 6.45) is 0. The minimum absolute atomic E-state index is 0. The van der Waals surface area contributed by atoms with Crippen molar-refractivity contribution in [2.24, 2.45) is 0 Å². The molecular formula is C9H14O3PPd+. The van der Waals surface area contributed by atoms with Crippen molar-refractivity contribution in [1.82, 2.24) is 0 Å². The molecule has 14 heavy (non-hydrogen) atoms. The third kappa shape index (κ3) is 2.84. The van der Waals surface area contributed by atoms with Crippen molar-refractivity contribution in [3.63, 3.8) is 0 Å². The van der Waals surface area contributed by atoms with E-state index in [1.54, 1.807) is 21.3 Å². The Morgan fingerprint density at radius 3 is 1.64 bits per heavy atom. The molecule has 0 atom stereocenters. The van der Waals surface area contributed by atoms with E-state index in [0.29, 0.717) is 0 Å². The predicted octanol–water partition coefficient (Wildman–Crippen LogP) is 2.01. The molecule has 0 aliphatic rings. The molecule has 0 bridgehead atoms. The van der Waals surface area contributed by atoms with E-state index < -0.39 is 7.94 Å². The third-order valence-electron chi connectivity index (χ3n) is 1.79. The first-order valence-electron chi connectivity index (χ1n) is 3.91. The summed E-state index contributed by atoms with van der Waals surface area (Å²) < 4.78 is 15.9. The zero-order valence-corrected chi connectivity index (χ0v) is 10.8. The van der Waals surface area contributed by atoms with E-state index in [4.69, 9.17) is 13.6 Å². The van der Waals surface area contributed by atoms with Crippen LogP contribution >= 0.6 is 7.94 Å². The molecule has 0 amide bonds. The van der Waals surface area contributed by atoms with Crippen molar-refractivity contribution in [1.29, 1.82) is 0 Å². The van der Waals surface area contributed by atoms with Gasteiger partial charge in [0.15, 0.2) is 5.30 Å². The fourth-order valence-electron chi connectivity index (χ4n) is 1.15. The van der Waals surface area contributed by atoms with E-state index in [2.05, 4.69) is 0 Å². The van der Waals surface area contributed by atoms with Crippen LogP contribution in [0.25, 0.3) is 0 Å². The number of benzene rings is 1. The summed E-state index contributed by atoms with van der Waals surface area (Å²) >= 11 is 0. The van der Waals surface area contributed by atoms with Crippen LogP contribution in [0.3, 0.4) is 0 Å². The normalized spacial score (nSPS) is 10.8. The second-order valence-electron chi connectivity index (χ2n) is 2.38. The van der Waals surface area contributed by atoms with Gasteiger partial charge in [0.1, 0.15) is 0 Å². The monoisotopic (exact) mass is 307 g/mol. The smallest absolute Gasteiger partial charge is 0.177 e. The first kappa shape index (κ1) is 14.2. The standard InChI is InChI=1S/C9H14O3P.Pd/c1-10-13(11-2,12-3)9-7-5-4-6-8-9;/h4-8H,1-3H3;/q+1;. The van der Waals surface area contributed by atoms with Gasteiger partial charge >= 0.3 is 7.94 Å². The van der Waals surface area contributed by atoms with Gasteiger partial charge in [0.05, 0.1) is 21.3 Å². The summed E-state index contributed by atoms with van der Waals surface area (Å²) in [6.45, 7) is 0. The fourth-order valence-corrected chi connectivity index (χ4v) is 2.77. The van der Waals surface area contributed by atoms with Crippen LogP contribution in [0.2, 0.25) is 0 Å². The Bertz CT molecular complexity index is 243. The van der Waals surface area contributed by atoms with Gasteiger partial charge in [-0.1, -0.05) is 18.2 Å². The molecule has 0 saturated carbocycles. The average Bonchev–Trinajstić information content (AvgIpc) is 2.23. The third-order valence-corrected chi connectivity index (χ3v) is 4.17. The van der Waals surface area contributed by atoms with Crippen LogP contribution < -0.4 is 5.30 Å². The quantitative estimate of drug-likeness (QED) is 0.629. The van der Waals surface area contributed by atoms with Gasteiger partial charge in [-0.3, -0.25) is 0 Å². The summed E-state index contributed by atoms with van der Waals surface area (Å²) in [5, 5.41) is 0.947. The van der Waals surface area contributed by atoms with Crippen molar-refractivity contribution < 1.29 is 34.0 Å². The Morgan fingerprint density at radius 1 is 0.857 bits per heavy atom. The Morgan fingerprint density at radius 2 is 1.29 bits per heavy atom. The summed E-state index contributed by atoms with van der Waals surface area (Å²) in [5.74, 6) is 0. The van der Waals surface area contributed by atoms with Crippen LogP contribution in [0.15, 0.2) is 30.3 Å². The Kier molecular flexibility index (Phi) is 6.73. The van der Waals surface area contributed by atoms with Gasteiger partial charge < -0.3 is 0 Å². The van der Waals surface area contributed by atoms with Gasteiger partial charge in [-0.2, -0.15) is 13.6 Å². The zero-order chi connectivity index (χ0) is 9.73. The van der Waals surface area contributed by atoms with E-state index in [0.717, 1.165) is 5.30 Å². The summed E-state index contributed by atoms with van der Waals surface area (Å²) in [4.78, 5) is 0. The first-order chi connectivity index (χ1) is 6.29. The van der Waals surface area contributed by atoms with Crippen LogP contribution in [0.1, 0.15) is 0 Å². The van der Waals surface area contributed by atoms with Crippen LogP contribution in [0.5, 0.6) is 0 Å². The molecule has 1 aromatic rings. The number of rotatable bonds is 4. The SMILES string of the molecule is CO[P+](OC)(OC)c1ccccc1.[Pd]. The molecule has 0 saturated heterocycles. The van der Waals surface area contributed by atoms with Crippen molar-refractivity contribution in [3.05, 3.63) is 30.3 Å². The van der Waals surface area contributed by atoms with Gasteiger partial charge in [-0.25, -0.2) is 0 Å². The van der Waals surface area contributed by atoms with Gasteiger partial charge in [0.2, 0.25) is 0 Å². The Labute approximate surface area is 99.0 Å². The summed E-state index contributed by atoms with van der Waals surface area (Å²) in [6, 6.07) is 9.68. The molecule has 0 aromatic heterocycles. The molecule has 5 heteroatoms. The van der Waals surface area contributed by atoms with Crippen LogP contribution in [-0.4, -0.2) is 21.3 Å². The first-order valence-corrected chi connectivity index (χ1v) is 5.45. The van der Waals surface area contributed by atoms with Gasteiger partial charge in [0.25, 0.3) is 0 Å². The van der Waals surface area contributed by atoms with Gasteiger partial charge in [-0.05, 0) is 12.1 Å². The average molecular weight is 308 g/mol. The van der Waals surface area contributed by atoms with Crippen LogP contribution in [0, 0.1) is 0 Å². The van der Waals surface area contributed by atoms with Crippen LogP contribution in [-0.2, 0) is 34.0 Å². The molecule has 0 heterocycles. The molecule has 1 rings (SSSR count). The zero-order valence-electron chi connectivity index (χ0n) is 8.37. The minimum atomic E-state index is -2.29. The van der Waals surface area contributed by atoms with E-state index >= 15 is 0 Å². The largest absolute Gasteiger partial charge is 0.447 e. The molecule has 0 spiro atoms. The summed E-state index contributed by atoms with van der Waals surface area (Å²) in [5.41, 5.74) is 0. The maximum Gasteiger partial charge on any atom is 0.447 e. The Hall–Kier alpha value is 0.192. The molecular weight excluding hydrogens is 293 g/mol. The van der Waals surface area contributed by atoms with Crippen LogP contribution in [0.4, 0.5) is 0 Å². The molecule has 82 valence electrons. The van der Waals surface area contributed by atoms with E-state index in [9.17, 15) is 0 Å². The van der Waals surface area contributed by atoms with Crippen molar-refractivity contribution in [3.8, 4) is 0 Å². The molecule has 0 aliphatic heterocycles. The topological polar surface area (TPSA) is 27.7 Å². The van der Waals surface area contributed by atoms with E-state index in [1.807, 2.05) is 30.3 Å². The molecule has 0 aliphatic carbocycles. The van der Waals surface area contributed by atoms with E-state index in [-0.39, 0.29) is 20.4 Å². The number of hydrogen-bond donors (Lipinski definition) is 0. The van der Waals surface area contributed by atoms with Gasteiger partial charge in [0, 0.05) is 20.4 Å². The molecule has 1 aromatic carbocycles. The molecule has 0 fully saturated rings. The Balaban J connectivity index is 0.00000169. The van der Waals surface area contributed by atoms with Crippen molar-refractivity contribution in [2.45, 2.75) is 0 Å². The maximum atomic E-state index is 5.29. The molecule has 0 N–H and O–H groups in total. The predicted molar refractivity (Wildman–Crippen MR) is 54.0 cm³/mol. The van der Waals surface area contributed by atoms with Crippen molar-refractivity contribution in [2.75, 3.05) is 21.3 Å². The summed E-state index contributed by atoms with van der Waals surface area (Å²) in [7, 11) is 2.48. The second kappa shape index (κ2) is 6.63. The number of hydrogen-bond acceptors (Lipinski definition) is 3. The van der Waals surface area contributed by atoms with Crippen molar-refractivity contribution >= 4 is 13.2 Å².